The largest absolute Gasteiger partial charge is 0.493 e. The lowest BCUT2D eigenvalue weighted by atomic mass is 10.1. The molecule has 1 atom stereocenters. The summed E-state index contributed by atoms with van der Waals surface area (Å²) in [7, 11) is -0.786. The predicted molar refractivity (Wildman–Crippen MR) is 93.4 cm³/mol. The van der Waals surface area contributed by atoms with Crippen LogP contribution in [-0.2, 0) is 14.8 Å². The molecule has 1 heterocycles. The van der Waals surface area contributed by atoms with Crippen LogP contribution in [0.15, 0.2) is 47.4 Å². The van der Waals surface area contributed by atoms with Crippen molar-refractivity contribution in [1.82, 2.24) is 4.31 Å². The zero-order valence-corrected chi connectivity index (χ0v) is 15.3. The number of ether oxygens (including phenoxy) is 3. The van der Waals surface area contributed by atoms with Crippen LogP contribution in [0.3, 0.4) is 0 Å². The molecule has 1 aliphatic heterocycles. The summed E-state index contributed by atoms with van der Waals surface area (Å²) in [4.78, 5) is 0.120. The molecule has 0 amide bonds. The molecule has 1 aliphatic rings. The number of rotatable bonds is 5. The van der Waals surface area contributed by atoms with Crippen molar-refractivity contribution in [2.75, 3.05) is 33.9 Å². The molecule has 0 saturated carbocycles. The molecule has 1 saturated heterocycles. The van der Waals surface area contributed by atoms with Crippen LogP contribution in [0.4, 0.5) is 4.39 Å². The lowest BCUT2D eigenvalue weighted by Crippen LogP contribution is -2.42. The first kappa shape index (κ1) is 18.6. The van der Waals surface area contributed by atoms with Gasteiger partial charge in [0, 0.05) is 19.2 Å². The number of halogens is 1. The summed E-state index contributed by atoms with van der Waals surface area (Å²) >= 11 is 0. The van der Waals surface area contributed by atoms with Gasteiger partial charge in [-0.1, -0.05) is 12.1 Å². The second kappa shape index (κ2) is 7.61. The van der Waals surface area contributed by atoms with Gasteiger partial charge in [0.05, 0.1) is 31.8 Å². The Morgan fingerprint density at radius 2 is 1.77 bits per heavy atom. The van der Waals surface area contributed by atoms with Crippen molar-refractivity contribution < 1.29 is 27.0 Å². The molecule has 8 heteroatoms. The third-order valence-electron chi connectivity index (χ3n) is 4.26. The van der Waals surface area contributed by atoms with Crippen LogP contribution in [-0.4, -0.2) is 46.6 Å². The van der Waals surface area contributed by atoms with E-state index in [1.54, 1.807) is 18.2 Å². The predicted octanol–water partition coefficient (Wildman–Crippen LogP) is 2.61. The van der Waals surface area contributed by atoms with E-state index in [0.717, 1.165) is 5.56 Å². The first-order chi connectivity index (χ1) is 12.5. The topological polar surface area (TPSA) is 65.1 Å². The molecule has 140 valence electrons. The molecule has 3 rings (SSSR count). The van der Waals surface area contributed by atoms with Crippen LogP contribution in [0.5, 0.6) is 11.5 Å². The van der Waals surface area contributed by atoms with Gasteiger partial charge in [0.1, 0.15) is 5.82 Å². The highest BCUT2D eigenvalue weighted by Crippen LogP contribution is 2.32. The van der Waals surface area contributed by atoms with Gasteiger partial charge in [0.15, 0.2) is 11.5 Å². The SMILES string of the molecule is COc1ccc(S(=O)(=O)N2CCO[C@H](c3ccc(F)cc3)C2)cc1OC. The Balaban J connectivity index is 1.86. The second-order valence-corrected chi connectivity index (χ2v) is 7.73. The van der Waals surface area contributed by atoms with Gasteiger partial charge in [-0.05, 0) is 29.8 Å². The van der Waals surface area contributed by atoms with E-state index in [-0.39, 0.29) is 30.4 Å². The number of morpholine rings is 1. The second-order valence-electron chi connectivity index (χ2n) is 5.79. The van der Waals surface area contributed by atoms with Crippen LogP contribution in [0, 0.1) is 5.82 Å². The van der Waals surface area contributed by atoms with Crippen LogP contribution >= 0.6 is 0 Å². The Labute approximate surface area is 152 Å². The molecule has 2 aromatic carbocycles. The van der Waals surface area contributed by atoms with Crippen LogP contribution < -0.4 is 9.47 Å². The first-order valence-corrected chi connectivity index (χ1v) is 9.49. The third-order valence-corrected chi connectivity index (χ3v) is 6.12. The first-order valence-electron chi connectivity index (χ1n) is 8.05. The van der Waals surface area contributed by atoms with E-state index in [2.05, 4.69) is 0 Å². The minimum absolute atomic E-state index is 0.120. The molecule has 0 radical (unpaired) electrons. The molecule has 6 nitrogen and oxygen atoms in total. The molecule has 0 spiro atoms. The Morgan fingerprint density at radius 3 is 2.42 bits per heavy atom. The van der Waals surface area contributed by atoms with Crippen molar-refractivity contribution in [2.24, 2.45) is 0 Å². The van der Waals surface area contributed by atoms with E-state index in [0.29, 0.717) is 11.5 Å². The molecule has 0 unspecified atom stereocenters. The average Bonchev–Trinajstić information content (AvgIpc) is 2.68. The molecule has 0 bridgehead atoms. The van der Waals surface area contributed by atoms with Gasteiger partial charge in [0.2, 0.25) is 10.0 Å². The van der Waals surface area contributed by atoms with Crippen molar-refractivity contribution in [3.63, 3.8) is 0 Å². The van der Waals surface area contributed by atoms with Crippen molar-refractivity contribution in [3.05, 3.63) is 53.8 Å². The maximum Gasteiger partial charge on any atom is 0.243 e. The van der Waals surface area contributed by atoms with Crippen LogP contribution in [0.25, 0.3) is 0 Å². The summed E-state index contributed by atoms with van der Waals surface area (Å²) in [5.74, 6) is 0.453. The van der Waals surface area contributed by atoms with Crippen molar-refractivity contribution in [1.29, 1.82) is 0 Å². The van der Waals surface area contributed by atoms with Gasteiger partial charge in [-0.25, -0.2) is 12.8 Å². The van der Waals surface area contributed by atoms with Crippen LogP contribution in [0.1, 0.15) is 11.7 Å². The molecular formula is C18H20FNO5S. The van der Waals surface area contributed by atoms with Crippen molar-refractivity contribution in [3.8, 4) is 11.5 Å². The van der Waals surface area contributed by atoms with Gasteiger partial charge < -0.3 is 14.2 Å². The summed E-state index contributed by atoms with van der Waals surface area (Å²) in [5.41, 5.74) is 0.735. The van der Waals surface area contributed by atoms with E-state index in [9.17, 15) is 12.8 Å². The highest BCUT2D eigenvalue weighted by Gasteiger charge is 2.32. The quantitative estimate of drug-likeness (QED) is 0.797. The normalized spacial score (nSPS) is 18.5. The highest BCUT2D eigenvalue weighted by atomic mass is 32.2. The van der Waals surface area contributed by atoms with E-state index in [1.807, 2.05) is 0 Å². The summed E-state index contributed by atoms with van der Waals surface area (Å²) in [5, 5.41) is 0. The molecule has 0 N–H and O–H groups in total. The average molecular weight is 381 g/mol. The minimum Gasteiger partial charge on any atom is -0.493 e. The number of benzene rings is 2. The Bertz CT molecular complexity index is 870. The molecule has 0 aromatic heterocycles. The van der Waals surface area contributed by atoms with Crippen molar-refractivity contribution >= 4 is 10.0 Å². The summed E-state index contributed by atoms with van der Waals surface area (Å²) in [6.45, 7) is 0.658. The molecule has 26 heavy (non-hydrogen) atoms. The zero-order chi connectivity index (χ0) is 18.7. The van der Waals surface area contributed by atoms with Gasteiger partial charge in [-0.3, -0.25) is 0 Å². The highest BCUT2D eigenvalue weighted by molar-refractivity contribution is 7.89. The van der Waals surface area contributed by atoms with Crippen LogP contribution in [0.2, 0.25) is 0 Å². The van der Waals surface area contributed by atoms with Gasteiger partial charge in [0.25, 0.3) is 0 Å². The van der Waals surface area contributed by atoms with E-state index < -0.39 is 16.1 Å². The van der Waals surface area contributed by atoms with E-state index >= 15 is 0 Å². The van der Waals surface area contributed by atoms with Gasteiger partial charge in [-0.15, -0.1) is 0 Å². The van der Waals surface area contributed by atoms with Gasteiger partial charge >= 0.3 is 0 Å². The zero-order valence-electron chi connectivity index (χ0n) is 14.5. The number of methoxy groups -OCH3 is 2. The Kier molecular flexibility index (Phi) is 5.45. The number of hydrogen-bond acceptors (Lipinski definition) is 5. The van der Waals surface area contributed by atoms with E-state index in [1.165, 1.54) is 42.8 Å². The maximum absolute atomic E-state index is 13.1. The lowest BCUT2D eigenvalue weighted by Gasteiger charge is -2.32. The van der Waals surface area contributed by atoms with E-state index in [4.69, 9.17) is 14.2 Å². The third kappa shape index (κ3) is 3.67. The summed E-state index contributed by atoms with van der Waals surface area (Å²) in [6.07, 6.45) is -0.445. The number of hydrogen-bond donors (Lipinski definition) is 0. The molecular weight excluding hydrogens is 361 g/mol. The maximum atomic E-state index is 13.1. The molecule has 1 fully saturated rings. The molecule has 0 aliphatic carbocycles. The standard InChI is InChI=1S/C18H20FNO5S/c1-23-16-8-7-15(11-17(16)24-2)26(21,22)20-9-10-25-18(12-20)13-3-5-14(19)6-4-13/h3-8,11,18H,9-10,12H2,1-2H3/t18-/m0/s1. The Morgan fingerprint density at radius 1 is 1.08 bits per heavy atom. The smallest absolute Gasteiger partial charge is 0.243 e. The fourth-order valence-electron chi connectivity index (χ4n) is 2.85. The monoisotopic (exact) mass is 381 g/mol. The Hall–Kier alpha value is -2.16. The van der Waals surface area contributed by atoms with Gasteiger partial charge in [-0.2, -0.15) is 4.31 Å². The summed E-state index contributed by atoms with van der Waals surface area (Å²) < 4.78 is 56.5. The van der Waals surface area contributed by atoms with Crippen molar-refractivity contribution in [2.45, 2.75) is 11.0 Å². The fourth-order valence-corrected chi connectivity index (χ4v) is 4.29. The molecule has 2 aromatic rings. The lowest BCUT2D eigenvalue weighted by molar-refractivity contribution is -0.00259. The number of nitrogens with zero attached hydrogens (tertiary/aromatic N) is 1. The number of sulfonamides is 1. The fraction of sp³-hybridized carbons (Fsp3) is 0.333. The minimum atomic E-state index is -3.72. The summed E-state index contributed by atoms with van der Waals surface area (Å²) in [6, 6.07) is 10.4.